The second kappa shape index (κ2) is 3.55. The SMILES string of the molecule is CC1=C(C)C2CC(C1=O)C1=C2C=CC(C)(N)C=C1. The van der Waals surface area contributed by atoms with Gasteiger partial charge in [-0.1, -0.05) is 29.9 Å². The van der Waals surface area contributed by atoms with Crippen molar-refractivity contribution in [3.8, 4) is 0 Å². The maximum atomic E-state index is 12.3. The fourth-order valence-corrected chi connectivity index (χ4v) is 3.29. The van der Waals surface area contributed by atoms with Crippen LogP contribution in [0.2, 0.25) is 0 Å². The maximum Gasteiger partial charge on any atom is 0.166 e. The highest BCUT2D eigenvalue weighted by atomic mass is 16.1. The normalized spacial score (nSPS) is 38.3. The summed E-state index contributed by atoms with van der Waals surface area (Å²) in [6, 6.07) is 0. The molecule has 0 aliphatic heterocycles. The Morgan fingerprint density at radius 3 is 2.33 bits per heavy atom. The van der Waals surface area contributed by atoms with E-state index in [9.17, 15) is 4.79 Å². The standard InChI is InChI=1S/C16H19NO/c1-9-10(2)15(18)14-8-13(9)11-4-6-16(3,17)7-5-12(11)14/h4-7,13-14H,8,17H2,1-3H3. The Morgan fingerprint density at radius 2 is 1.72 bits per heavy atom. The average molecular weight is 241 g/mol. The third-order valence-electron chi connectivity index (χ3n) is 4.60. The lowest BCUT2D eigenvalue weighted by Gasteiger charge is -2.24. The van der Waals surface area contributed by atoms with Gasteiger partial charge in [0.25, 0.3) is 0 Å². The third kappa shape index (κ3) is 1.49. The van der Waals surface area contributed by atoms with Crippen molar-refractivity contribution in [1.82, 2.24) is 0 Å². The van der Waals surface area contributed by atoms with Gasteiger partial charge in [0.1, 0.15) is 0 Å². The van der Waals surface area contributed by atoms with E-state index in [-0.39, 0.29) is 5.92 Å². The highest BCUT2D eigenvalue weighted by Crippen LogP contribution is 2.48. The number of allylic oxidation sites excluding steroid dienone is 6. The van der Waals surface area contributed by atoms with Crippen LogP contribution in [-0.2, 0) is 4.79 Å². The number of Topliss-reactive ketones (excluding diaryl/α,β-unsaturated/α-hetero) is 1. The van der Waals surface area contributed by atoms with Crippen LogP contribution in [-0.4, -0.2) is 11.3 Å². The molecule has 0 saturated heterocycles. The fourth-order valence-electron chi connectivity index (χ4n) is 3.29. The summed E-state index contributed by atoms with van der Waals surface area (Å²) in [4.78, 5) is 12.3. The van der Waals surface area contributed by atoms with Crippen LogP contribution < -0.4 is 5.73 Å². The van der Waals surface area contributed by atoms with Crippen molar-refractivity contribution in [2.75, 3.05) is 0 Å². The molecule has 0 aromatic rings. The molecule has 0 amide bonds. The minimum atomic E-state index is -0.408. The van der Waals surface area contributed by atoms with E-state index in [1.807, 2.05) is 26.0 Å². The molecular weight excluding hydrogens is 222 g/mol. The van der Waals surface area contributed by atoms with Gasteiger partial charge < -0.3 is 5.73 Å². The highest BCUT2D eigenvalue weighted by molar-refractivity contribution is 6.02. The summed E-state index contributed by atoms with van der Waals surface area (Å²) < 4.78 is 0. The molecule has 0 aromatic carbocycles. The zero-order valence-corrected chi connectivity index (χ0v) is 11.2. The molecule has 18 heavy (non-hydrogen) atoms. The molecule has 0 aromatic heterocycles. The van der Waals surface area contributed by atoms with Crippen LogP contribution in [0, 0.1) is 11.8 Å². The molecule has 0 heterocycles. The molecule has 0 radical (unpaired) electrons. The number of carbonyl (C=O) groups excluding carboxylic acids is 1. The first-order chi connectivity index (χ1) is 8.41. The minimum absolute atomic E-state index is 0.0588. The number of ketones is 1. The van der Waals surface area contributed by atoms with Crippen LogP contribution in [0.15, 0.2) is 46.6 Å². The first kappa shape index (κ1) is 11.7. The summed E-state index contributed by atoms with van der Waals surface area (Å²) in [5, 5.41) is 0. The molecule has 3 aliphatic rings. The molecule has 3 rings (SSSR count). The second-order valence-electron chi connectivity index (χ2n) is 5.96. The predicted octanol–water partition coefficient (Wildman–Crippen LogP) is 2.68. The van der Waals surface area contributed by atoms with E-state index in [4.69, 9.17) is 5.73 Å². The van der Waals surface area contributed by atoms with Gasteiger partial charge in [0.2, 0.25) is 0 Å². The summed E-state index contributed by atoms with van der Waals surface area (Å²) in [7, 11) is 0. The summed E-state index contributed by atoms with van der Waals surface area (Å²) in [6.07, 6.45) is 9.20. The fraction of sp³-hybridized carbons (Fsp3) is 0.438. The van der Waals surface area contributed by atoms with E-state index in [2.05, 4.69) is 19.1 Å². The Morgan fingerprint density at radius 1 is 1.17 bits per heavy atom. The number of hydrogen-bond donors (Lipinski definition) is 1. The van der Waals surface area contributed by atoms with Crippen molar-refractivity contribution in [2.24, 2.45) is 17.6 Å². The Hall–Kier alpha value is -1.41. The van der Waals surface area contributed by atoms with Crippen molar-refractivity contribution < 1.29 is 4.79 Å². The summed E-state index contributed by atoms with van der Waals surface area (Å²) in [5.74, 6) is 0.772. The van der Waals surface area contributed by atoms with E-state index in [1.54, 1.807) is 0 Å². The van der Waals surface area contributed by atoms with Gasteiger partial charge >= 0.3 is 0 Å². The molecular formula is C16H19NO. The number of rotatable bonds is 0. The number of carbonyl (C=O) groups is 1. The lowest BCUT2D eigenvalue weighted by atomic mass is 9.79. The van der Waals surface area contributed by atoms with Gasteiger partial charge in [-0.15, -0.1) is 0 Å². The minimum Gasteiger partial charge on any atom is -0.319 e. The first-order valence-corrected chi connectivity index (χ1v) is 6.54. The molecule has 94 valence electrons. The van der Waals surface area contributed by atoms with Crippen LogP contribution in [0.1, 0.15) is 27.2 Å². The Kier molecular flexibility index (Phi) is 2.30. The van der Waals surface area contributed by atoms with Gasteiger partial charge in [-0.3, -0.25) is 4.79 Å². The van der Waals surface area contributed by atoms with Gasteiger partial charge in [0, 0.05) is 11.8 Å². The smallest absolute Gasteiger partial charge is 0.166 e. The van der Waals surface area contributed by atoms with Gasteiger partial charge in [0.15, 0.2) is 5.78 Å². The molecule has 0 spiro atoms. The van der Waals surface area contributed by atoms with Crippen LogP contribution >= 0.6 is 0 Å². The molecule has 3 aliphatic carbocycles. The molecule has 0 saturated carbocycles. The number of nitrogens with two attached hydrogens (primary N) is 1. The molecule has 2 bridgehead atoms. The third-order valence-corrected chi connectivity index (χ3v) is 4.60. The monoisotopic (exact) mass is 241 g/mol. The van der Waals surface area contributed by atoms with Crippen LogP contribution in [0.25, 0.3) is 0 Å². The van der Waals surface area contributed by atoms with Crippen LogP contribution in [0.5, 0.6) is 0 Å². The van der Waals surface area contributed by atoms with Gasteiger partial charge in [-0.25, -0.2) is 0 Å². The quantitative estimate of drug-likeness (QED) is 0.708. The summed E-state index contributed by atoms with van der Waals surface area (Å²) in [6.45, 7) is 6.03. The Bertz CT molecular complexity index is 558. The van der Waals surface area contributed by atoms with E-state index >= 15 is 0 Å². The molecule has 2 N–H and O–H groups in total. The predicted molar refractivity (Wildman–Crippen MR) is 72.9 cm³/mol. The molecule has 3 unspecified atom stereocenters. The Labute approximate surface area is 108 Å². The van der Waals surface area contributed by atoms with Crippen molar-refractivity contribution in [1.29, 1.82) is 0 Å². The zero-order chi connectivity index (χ0) is 13.1. The lowest BCUT2D eigenvalue weighted by molar-refractivity contribution is -0.118. The number of hydrogen-bond acceptors (Lipinski definition) is 2. The van der Waals surface area contributed by atoms with E-state index in [0.717, 1.165) is 12.0 Å². The van der Waals surface area contributed by atoms with Crippen molar-refractivity contribution in [3.63, 3.8) is 0 Å². The second-order valence-corrected chi connectivity index (χ2v) is 5.96. The van der Waals surface area contributed by atoms with Gasteiger partial charge in [-0.2, -0.15) is 0 Å². The zero-order valence-electron chi connectivity index (χ0n) is 11.2. The van der Waals surface area contributed by atoms with E-state index in [1.165, 1.54) is 16.7 Å². The van der Waals surface area contributed by atoms with Crippen molar-refractivity contribution in [2.45, 2.75) is 32.7 Å². The highest BCUT2D eigenvalue weighted by Gasteiger charge is 2.42. The van der Waals surface area contributed by atoms with Gasteiger partial charge in [-0.05, 0) is 43.9 Å². The molecule has 2 heteroatoms. The largest absolute Gasteiger partial charge is 0.319 e. The summed E-state index contributed by atoms with van der Waals surface area (Å²) >= 11 is 0. The van der Waals surface area contributed by atoms with Crippen molar-refractivity contribution >= 4 is 5.78 Å². The van der Waals surface area contributed by atoms with Crippen molar-refractivity contribution in [3.05, 3.63) is 46.6 Å². The molecule has 3 atom stereocenters. The number of fused-ring (bicyclic) bond motifs is 4. The van der Waals surface area contributed by atoms with E-state index < -0.39 is 5.54 Å². The average Bonchev–Trinajstić information content (AvgIpc) is 2.57. The van der Waals surface area contributed by atoms with Crippen LogP contribution in [0.4, 0.5) is 0 Å². The Balaban J connectivity index is 2.14. The molecule has 0 fully saturated rings. The maximum absolute atomic E-state index is 12.3. The molecule has 2 nitrogen and oxygen atoms in total. The first-order valence-electron chi connectivity index (χ1n) is 6.54. The van der Waals surface area contributed by atoms with Gasteiger partial charge in [0.05, 0.1) is 5.54 Å². The van der Waals surface area contributed by atoms with Crippen LogP contribution in [0.3, 0.4) is 0 Å². The summed E-state index contributed by atoms with van der Waals surface area (Å²) in [5.41, 5.74) is 10.4. The topological polar surface area (TPSA) is 43.1 Å². The lowest BCUT2D eigenvalue weighted by Crippen LogP contribution is -2.30. The van der Waals surface area contributed by atoms with E-state index in [0.29, 0.717) is 11.7 Å².